The van der Waals surface area contributed by atoms with Gasteiger partial charge in [0, 0.05) is 13.2 Å². The van der Waals surface area contributed by atoms with E-state index < -0.39 is 0 Å². The number of piperidine rings is 1. The summed E-state index contributed by atoms with van der Waals surface area (Å²) in [6.07, 6.45) is 4.40. The van der Waals surface area contributed by atoms with Crippen LogP contribution in [0, 0.1) is 0 Å². The van der Waals surface area contributed by atoms with Crippen molar-refractivity contribution >= 4 is 6.29 Å². The number of rotatable bonds is 4. The molecule has 1 rings (SSSR count). The quantitative estimate of drug-likeness (QED) is 0.592. The maximum atomic E-state index is 10.6. The standard InChI is InChI=1S/C9H17NO2/c1-2-12-8-10-6-4-3-5-9(10)7-11/h7,9H,2-6,8H2,1H3. The number of carbonyl (C=O) groups is 1. The van der Waals surface area contributed by atoms with E-state index in [1.54, 1.807) is 0 Å². The van der Waals surface area contributed by atoms with E-state index in [2.05, 4.69) is 4.90 Å². The summed E-state index contributed by atoms with van der Waals surface area (Å²) in [6.45, 7) is 4.31. The molecule has 0 aliphatic carbocycles. The van der Waals surface area contributed by atoms with E-state index >= 15 is 0 Å². The summed E-state index contributed by atoms with van der Waals surface area (Å²) in [7, 11) is 0. The molecule has 70 valence electrons. The number of hydrogen-bond acceptors (Lipinski definition) is 3. The Balaban J connectivity index is 2.31. The van der Waals surface area contributed by atoms with Crippen molar-refractivity contribution in [2.24, 2.45) is 0 Å². The number of likely N-dealkylation sites (tertiary alicyclic amines) is 1. The van der Waals surface area contributed by atoms with Crippen LogP contribution in [0.1, 0.15) is 26.2 Å². The van der Waals surface area contributed by atoms with Crippen molar-refractivity contribution in [2.75, 3.05) is 19.9 Å². The first-order valence-corrected chi connectivity index (χ1v) is 4.65. The van der Waals surface area contributed by atoms with Gasteiger partial charge in [-0.1, -0.05) is 6.42 Å². The van der Waals surface area contributed by atoms with E-state index in [9.17, 15) is 4.79 Å². The van der Waals surface area contributed by atoms with Crippen LogP contribution in [0.4, 0.5) is 0 Å². The van der Waals surface area contributed by atoms with E-state index in [1.165, 1.54) is 12.8 Å². The van der Waals surface area contributed by atoms with Gasteiger partial charge in [-0.3, -0.25) is 4.90 Å². The van der Waals surface area contributed by atoms with Gasteiger partial charge in [0.15, 0.2) is 0 Å². The topological polar surface area (TPSA) is 29.5 Å². The molecule has 0 bridgehead atoms. The van der Waals surface area contributed by atoms with E-state index in [1.807, 2.05) is 6.92 Å². The molecular weight excluding hydrogens is 154 g/mol. The van der Waals surface area contributed by atoms with Gasteiger partial charge in [-0.2, -0.15) is 0 Å². The van der Waals surface area contributed by atoms with E-state index in [-0.39, 0.29) is 6.04 Å². The van der Waals surface area contributed by atoms with E-state index in [4.69, 9.17) is 4.74 Å². The summed E-state index contributed by atoms with van der Waals surface area (Å²) in [5, 5.41) is 0. The molecule has 0 N–H and O–H groups in total. The third kappa shape index (κ3) is 2.57. The summed E-state index contributed by atoms with van der Waals surface area (Å²) in [5.41, 5.74) is 0. The van der Waals surface area contributed by atoms with Gasteiger partial charge in [0.05, 0.1) is 12.8 Å². The molecule has 1 fully saturated rings. The highest BCUT2D eigenvalue weighted by molar-refractivity contribution is 5.57. The van der Waals surface area contributed by atoms with Gasteiger partial charge in [0.25, 0.3) is 0 Å². The van der Waals surface area contributed by atoms with Crippen LogP contribution in [-0.4, -0.2) is 37.1 Å². The second-order valence-electron chi connectivity index (χ2n) is 3.13. The van der Waals surface area contributed by atoms with Crippen LogP contribution in [0.15, 0.2) is 0 Å². The van der Waals surface area contributed by atoms with Gasteiger partial charge < -0.3 is 9.53 Å². The van der Waals surface area contributed by atoms with Crippen LogP contribution in [0.5, 0.6) is 0 Å². The molecule has 0 aromatic heterocycles. The molecule has 1 saturated heterocycles. The predicted octanol–water partition coefficient (Wildman–Crippen LogP) is 1.03. The lowest BCUT2D eigenvalue weighted by Crippen LogP contribution is -2.41. The second kappa shape index (κ2) is 5.27. The fourth-order valence-corrected chi connectivity index (χ4v) is 1.54. The van der Waals surface area contributed by atoms with E-state index in [0.29, 0.717) is 6.73 Å². The molecule has 0 spiro atoms. The van der Waals surface area contributed by atoms with Crippen molar-refractivity contribution in [1.29, 1.82) is 0 Å². The first kappa shape index (κ1) is 9.68. The van der Waals surface area contributed by atoms with Crippen molar-refractivity contribution in [1.82, 2.24) is 4.90 Å². The summed E-state index contributed by atoms with van der Waals surface area (Å²) >= 11 is 0. The Labute approximate surface area is 73.7 Å². The molecule has 12 heavy (non-hydrogen) atoms. The van der Waals surface area contributed by atoms with Crippen LogP contribution in [0.25, 0.3) is 0 Å². The van der Waals surface area contributed by atoms with Gasteiger partial charge in [-0.25, -0.2) is 0 Å². The Hall–Kier alpha value is -0.410. The van der Waals surface area contributed by atoms with E-state index in [0.717, 1.165) is 25.9 Å². The fourth-order valence-electron chi connectivity index (χ4n) is 1.54. The molecule has 0 aromatic rings. The molecule has 3 heteroatoms. The van der Waals surface area contributed by atoms with Crippen molar-refractivity contribution in [3.63, 3.8) is 0 Å². The molecule has 0 aromatic carbocycles. The summed E-state index contributed by atoms with van der Waals surface area (Å²) in [4.78, 5) is 12.7. The molecule has 1 aliphatic heterocycles. The maximum absolute atomic E-state index is 10.6. The monoisotopic (exact) mass is 171 g/mol. The Kier molecular flexibility index (Phi) is 4.25. The molecule has 1 heterocycles. The van der Waals surface area contributed by atoms with Gasteiger partial charge >= 0.3 is 0 Å². The van der Waals surface area contributed by atoms with Crippen molar-refractivity contribution in [2.45, 2.75) is 32.2 Å². The average molecular weight is 171 g/mol. The zero-order valence-electron chi connectivity index (χ0n) is 7.66. The molecular formula is C9H17NO2. The highest BCUT2D eigenvalue weighted by atomic mass is 16.5. The molecule has 0 amide bonds. The zero-order valence-corrected chi connectivity index (χ0v) is 7.66. The number of ether oxygens (including phenoxy) is 1. The lowest BCUT2D eigenvalue weighted by molar-refractivity contribution is -0.116. The fraction of sp³-hybridized carbons (Fsp3) is 0.889. The minimum atomic E-state index is 0.102. The lowest BCUT2D eigenvalue weighted by Gasteiger charge is -2.31. The molecule has 1 aliphatic rings. The first-order chi connectivity index (χ1) is 5.88. The Bertz CT molecular complexity index is 138. The van der Waals surface area contributed by atoms with Gasteiger partial charge in [-0.15, -0.1) is 0 Å². The summed E-state index contributed by atoms with van der Waals surface area (Å²) in [6, 6.07) is 0.102. The summed E-state index contributed by atoms with van der Waals surface area (Å²) in [5.74, 6) is 0. The maximum Gasteiger partial charge on any atom is 0.137 e. The Morgan fingerprint density at radius 1 is 1.58 bits per heavy atom. The first-order valence-electron chi connectivity index (χ1n) is 4.65. The largest absolute Gasteiger partial charge is 0.366 e. The number of aldehydes is 1. The minimum absolute atomic E-state index is 0.102. The van der Waals surface area contributed by atoms with Crippen LogP contribution < -0.4 is 0 Å². The number of carbonyl (C=O) groups excluding carboxylic acids is 1. The predicted molar refractivity (Wildman–Crippen MR) is 46.9 cm³/mol. The third-order valence-corrected chi connectivity index (χ3v) is 2.28. The highest BCUT2D eigenvalue weighted by Crippen LogP contribution is 2.14. The molecule has 3 nitrogen and oxygen atoms in total. The van der Waals surface area contributed by atoms with Gasteiger partial charge in [0.2, 0.25) is 0 Å². The second-order valence-corrected chi connectivity index (χ2v) is 3.13. The lowest BCUT2D eigenvalue weighted by atomic mass is 10.0. The van der Waals surface area contributed by atoms with Crippen molar-refractivity contribution in [3.8, 4) is 0 Å². The van der Waals surface area contributed by atoms with Gasteiger partial charge in [-0.05, 0) is 19.8 Å². The van der Waals surface area contributed by atoms with Crippen molar-refractivity contribution < 1.29 is 9.53 Å². The minimum Gasteiger partial charge on any atom is -0.366 e. The molecule has 1 atom stereocenters. The smallest absolute Gasteiger partial charge is 0.137 e. The summed E-state index contributed by atoms with van der Waals surface area (Å²) < 4.78 is 5.27. The van der Waals surface area contributed by atoms with Crippen molar-refractivity contribution in [3.05, 3.63) is 0 Å². The SMILES string of the molecule is CCOCN1CCCCC1C=O. The number of hydrogen-bond donors (Lipinski definition) is 0. The Morgan fingerprint density at radius 3 is 3.08 bits per heavy atom. The highest BCUT2D eigenvalue weighted by Gasteiger charge is 2.20. The van der Waals surface area contributed by atoms with Crippen LogP contribution in [0.2, 0.25) is 0 Å². The third-order valence-electron chi connectivity index (χ3n) is 2.28. The molecule has 0 saturated carbocycles. The molecule has 0 radical (unpaired) electrons. The zero-order chi connectivity index (χ0) is 8.81. The van der Waals surface area contributed by atoms with Crippen LogP contribution in [0.3, 0.4) is 0 Å². The Morgan fingerprint density at radius 2 is 2.42 bits per heavy atom. The normalized spacial score (nSPS) is 25.6. The van der Waals surface area contributed by atoms with Crippen LogP contribution in [-0.2, 0) is 9.53 Å². The molecule has 1 unspecified atom stereocenters. The number of nitrogens with zero attached hydrogens (tertiary/aromatic N) is 1. The van der Waals surface area contributed by atoms with Crippen LogP contribution >= 0.6 is 0 Å². The van der Waals surface area contributed by atoms with Gasteiger partial charge in [0.1, 0.15) is 6.29 Å². The average Bonchev–Trinajstić information content (AvgIpc) is 2.15.